The second-order valence-corrected chi connectivity index (χ2v) is 6.87. The lowest BCUT2D eigenvalue weighted by Crippen LogP contribution is -2.49. The van der Waals surface area contributed by atoms with E-state index < -0.39 is 24.7 Å². The fraction of sp³-hybridized carbons (Fsp3) is 0.556. The van der Waals surface area contributed by atoms with Crippen LogP contribution in [0.4, 0.5) is 18.0 Å². The standard InChI is InChI=1S/C18H23F3N2O4/c1-12-5-15(16(24)25)9-23(8-12)17(26)22-7-13-3-2-4-14(6-13)10-27-11-18(19,20)21/h2-4,6,12,15H,5,7-11H2,1H3,(H,22,26)(H,24,25). The van der Waals surface area contributed by atoms with Gasteiger partial charge in [-0.05, 0) is 23.5 Å². The molecule has 0 saturated carbocycles. The maximum absolute atomic E-state index is 12.3. The minimum atomic E-state index is -4.37. The Bertz CT molecular complexity index is 666. The normalized spacial score (nSPS) is 20.4. The van der Waals surface area contributed by atoms with Crippen molar-refractivity contribution in [3.05, 3.63) is 35.4 Å². The maximum Gasteiger partial charge on any atom is 0.411 e. The molecular formula is C18H23F3N2O4. The molecule has 0 spiro atoms. The molecule has 1 aromatic carbocycles. The molecule has 0 aromatic heterocycles. The summed E-state index contributed by atoms with van der Waals surface area (Å²) in [6, 6.07) is 6.37. The number of nitrogens with zero attached hydrogens (tertiary/aromatic N) is 1. The van der Waals surface area contributed by atoms with Gasteiger partial charge >= 0.3 is 18.2 Å². The number of carbonyl (C=O) groups excluding carboxylic acids is 1. The van der Waals surface area contributed by atoms with Gasteiger partial charge in [0.25, 0.3) is 0 Å². The van der Waals surface area contributed by atoms with E-state index in [9.17, 15) is 27.9 Å². The molecule has 0 aliphatic carbocycles. The number of piperidine rings is 1. The SMILES string of the molecule is CC1CC(C(=O)O)CN(C(=O)NCc2cccc(COCC(F)(F)F)c2)C1. The van der Waals surface area contributed by atoms with E-state index in [4.69, 9.17) is 0 Å². The zero-order chi connectivity index (χ0) is 20.0. The number of hydrogen-bond donors (Lipinski definition) is 2. The van der Waals surface area contributed by atoms with Crippen molar-refractivity contribution in [2.75, 3.05) is 19.7 Å². The topological polar surface area (TPSA) is 78.9 Å². The van der Waals surface area contributed by atoms with Crippen molar-refractivity contribution in [2.45, 2.75) is 32.7 Å². The van der Waals surface area contributed by atoms with Crippen molar-refractivity contribution in [1.29, 1.82) is 0 Å². The Morgan fingerprint density at radius 2 is 2.00 bits per heavy atom. The first-order valence-corrected chi connectivity index (χ1v) is 8.62. The molecule has 9 heteroatoms. The Hall–Kier alpha value is -2.29. The zero-order valence-electron chi connectivity index (χ0n) is 15.0. The molecular weight excluding hydrogens is 365 g/mol. The summed E-state index contributed by atoms with van der Waals surface area (Å²) < 4.78 is 41.0. The van der Waals surface area contributed by atoms with Gasteiger partial charge in [-0.25, -0.2) is 4.79 Å². The van der Waals surface area contributed by atoms with Crippen LogP contribution in [0.15, 0.2) is 24.3 Å². The van der Waals surface area contributed by atoms with Gasteiger partial charge in [-0.3, -0.25) is 4.79 Å². The number of likely N-dealkylation sites (tertiary alicyclic amines) is 1. The van der Waals surface area contributed by atoms with Gasteiger partial charge in [-0.1, -0.05) is 31.2 Å². The Labute approximate surface area is 155 Å². The van der Waals surface area contributed by atoms with Gasteiger partial charge in [0.05, 0.1) is 12.5 Å². The molecule has 1 heterocycles. The first kappa shape index (κ1) is 21.0. The molecule has 0 radical (unpaired) electrons. The molecule has 2 unspecified atom stereocenters. The van der Waals surface area contributed by atoms with Crippen molar-refractivity contribution in [3.8, 4) is 0 Å². The number of urea groups is 1. The highest BCUT2D eigenvalue weighted by atomic mass is 19.4. The summed E-state index contributed by atoms with van der Waals surface area (Å²) in [5, 5.41) is 11.9. The highest BCUT2D eigenvalue weighted by molar-refractivity contribution is 5.76. The number of alkyl halides is 3. The first-order chi connectivity index (χ1) is 12.6. The van der Waals surface area contributed by atoms with Crippen LogP contribution in [0.5, 0.6) is 0 Å². The van der Waals surface area contributed by atoms with E-state index in [1.54, 1.807) is 24.3 Å². The molecule has 1 aliphatic heterocycles. The second kappa shape index (κ2) is 9.07. The minimum absolute atomic E-state index is 0.0970. The minimum Gasteiger partial charge on any atom is -0.481 e. The van der Waals surface area contributed by atoms with Crippen molar-refractivity contribution >= 4 is 12.0 Å². The fourth-order valence-electron chi connectivity index (χ4n) is 3.10. The molecule has 1 fully saturated rings. The van der Waals surface area contributed by atoms with Gasteiger partial charge in [0, 0.05) is 19.6 Å². The number of carbonyl (C=O) groups is 2. The number of nitrogens with one attached hydrogen (secondary N) is 1. The van der Waals surface area contributed by atoms with E-state index in [0.717, 1.165) is 5.56 Å². The number of halogens is 3. The van der Waals surface area contributed by atoms with Gasteiger partial charge in [0.2, 0.25) is 0 Å². The number of benzene rings is 1. The lowest BCUT2D eigenvalue weighted by atomic mass is 9.91. The Kier molecular flexibility index (Phi) is 7.06. The maximum atomic E-state index is 12.3. The molecule has 27 heavy (non-hydrogen) atoms. The number of amides is 2. The number of aliphatic carboxylic acids is 1. The van der Waals surface area contributed by atoms with Gasteiger partial charge in [-0.15, -0.1) is 0 Å². The molecule has 150 valence electrons. The zero-order valence-corrected chi connectivity index (χ0v) is 15.0. The van der Waals surface area contributed by atoms with E-state index in [2.05, 4.69) is 10.1 Å². The monoisotopic (exact) mass is 388 g/mol. The third kappa shape index (κ3) is 7.09. The Morgan fingerprint density at radius 3 is 2.67 bits per heavy atom. The predicted molar refractivity (Wildman–Crippen MR) is 90.9 cm³/mol. The van der Waals surface area contributed by atoms with Crippen molar-refractivity contribution < 1.29 is 32.6 Å². The van der Waals surface area contributed by atoms with Gasteiger partial charge in [-0.2, -0.15) is 13.2 Å². The third-order valence-corrected chi connectivity index (χ3v) is 4.27. The molecule has 0 bridgehead atoms. The Morgan fingerprint density at radius 1 is 1.30 bits per heavy atom. The smallest absolute Gasteiger partial charge is 0.411 e. The summed E-state index contributed by atoms with van der Waals surface area (Å²) in [6.07, 6.45) is -3.83. The van der Waals surface area contributed by atoms with Crippen molar-refractivity contribution in [1.82, 2.24) is 10.2 Å². The van der Waals surface area contributed by atoms with Crippen LogP contribution in [0.3, 0.4) is 0 Å². The summed E-state index contributed by atoms with van der Waals surface area (Å²) in [7, 11) is 0. The summed E-state index contributed by atoms with van der Waals surface area (Å²) >= 11 is 0. The van der Waals surface area contributed by atoms with Gasteiger partial charge < -0.3 is 20.1 Å². The number of carboxylic acid groups (broad SMARTS) is 1. The Balaban J connectivity index is 1.86. The quantitative estimate of drug-likeness (QED) is 0.785. The fourth-order valence-corrected chi connectivity index (χ4v) is 3.10. The summed E-state index contributed by atoms with van der Waals surface area (Å²) in [6.45, 7) is 1.25. The van der Waals surface area contributed by atoms with Crippen LogP contribution in [0.25, 0.3) is 0 Å². The highest BCUT2D eigenvalue weighted by Crippen LogP contribution is 2.22. The lowest BCUT2D eigenvalue weighted by Gasteiger charge is -2.34. The van der Waals surface area contributed by atoms with Crippen molar-refractivity contribution in [3.63, 3.8) is 0 Å². The molecule has 2 N–H and O–H groups in total. The molecule has 2 rings (SSSR count). The van der Waals surface area contributed by atoms with E-state index in [1.165, 1.54) is 4.90 Å². The van der Waals surface area contributed by atoms with E-state index in [-0.39, 0.29) is 31.6 Å². The molecule has 1 aromatic rings. The van der Waals surface area contributed by atoms with E-state index in [1.807, 2.05) is 6.92 Å². The van der Waals surface area contributed by atoms with Gasteiger partial charge in [0.1, 0.15) is 6.61 Å². The number of ether oxygens (including phenoxy) is 1. The first-order valence-electron chi connectivity index (χ1n) is 8.62. The predicted octanol–water partition coefficient (Wildman–Crippen LogP) is 3.02. The highest BCUT2D eigenvalue weighted by Gasteiger charge is 2.31. The van der Waals surface area contributed by atoms with Crippen LogP contribution in [0.2, 0.25) is 0 Å². The van der Waals surface area contributed by atoms with Crippen LogP contribution in [0.1, 0.15) is 24.5 Å². The van der Waals surface area contributed by atoms with E-state index >= 15 is 0 Å². The average molecular weight is 388 g/mol. The van der Waals surface area contributed by atoms with Crippen LogP contribution in [-0.2, 0) is 22.7 Å². The van der Waals surface area contributed by atoms with Crippen LogP contribution in [0, 0.1) is 11.8 Å². The summed E-state index contributed by atoms with van der Waals surface area (Å²) in [5.41, 5.74) is 1.29. The van der Waals surface area contributed by atoms with Crippen LogP contribution >= 0.6 is 0 Å². The van der Waals surface area contributed by atoms with E-state index in [0.29, 0.717) is 18.5 Å². The van der Waals surface area contributed by atoms with Crippen LogP contribution < -0.4 is 5.32 Å². The molecule has 1 aliphatic rings. The number of rotatable bonds is 6. The van der Waals surface area contributed by atoms with Gasteiger partial charge in [0.15, 0.2) is 0 Å². The van der Waals surface area contributed by atoms with Crippen LogP contribution in [-0.4, -0.2) is 47.9 Å². The average Bonchev–Trinajstić information content (AvgIpc) is 2.58. The summed E-state index contributed by atoms with van der Waals surface area (Å²) in [4.78, 5) is 25.0. The molecule has 2 atom stereocenters. The molecule has 1 saturated heterocycles. The third-order valence-electron chi connectivity index (χ3n) is 4.27. The number of hydrogen-bond acceptors (Lipinski definition) is 3. The number of carboxylic acids is 1. The largest absolute Gasteiger partial charge is 0.481 e. The summed E-state index contributed by atoms with van der Waals surface area (Å²) in [5.74, 6) is -1.39. The van der Waals surface area contributed by atoms with Crippen molar-refractivity contribution in [2.24, 2.45) is 11.8 Å². The lowest BCUT2D eigenvalue weighted by molar-refractivity contribution is -0.176. The molecule has 2 amide bonds. The second-order valence-electron chi connectivity index (χ2n) is 6.87. The molecule has 6 nitrogen and oxygen atoms in total.